The van der Waals surface area contributed by atoms with Crippen molar-refractivity contribution in [2.24, 2.45) is 0 Å². The van der Waals surface area contributed by atoms with Gasteiger partial charge in [-0.15, -0.1) is 0 Å². The van der Waals surface area contributed by atoms with Gasteiger partial charge in [0.2, 0.25) is 5.91 Å². The van der Waals surface area contributed by atoms with E-state index in [2.05, 4.69) is 21.2 Å². The largest absolute Gasteiger partial charge is 0.332 e. The minimum absolute atomic E-state index is 0.126. The lowest BCUT2D eigenvalue weighted by Crippen LogP contribution is -2.35. The molecule has 8 heteroatoms. The fourth-order valence-electron chi connectivity index (χ4n) is 2.50. The van der Waals surface area contributed by atoms with Gasteiger partial charge in [0.15, 0.2) is 0 Å². The van der Waals surface area contributed by atoms with Crippen LogP contribution in [-0.4, -0.2) is 35.2 Å². The van der Waals surface area contributed by atoms with E-state index in [1.165, 1.54) is 37.1 Å². The zero-order chi connectivity index (χ0) is 19.4. The molecule has 2 amide bonds. The Kier molecular flexibility index (Phi) is 6.10. The number of nitro groups is 1. The summed E-state index contributed by atoms with van der Waals surface area (Å²) < 4.78 is 0.904. The Morgan fingerprint density at radius 1 is 1.23 bits per heavy atom. The van der Waals surface area contributed by atoms with Gasteiger partial charge in [-0.25, -0.2) is 0 Å². The number of hydrogen-bond donors (Lipinski definition) is 1. The number of benzene rings is 2. The van der Waals surface area contributed by atoms with Crippen LogP contribution >= 0.6 is 15.9 Å². The number of halogens is 1. The summed E-state index contributed by atoms with van der Waals surface area (Å²) in [6, 6.07) is 9.76. The standard InChI is InChI=1S/C18H18BrN3O4/c1-11-9-13(19)7-8-15(11)20-17(23)10-21(3)18(24)14-5-4-6-16(12(14)2)22(25)26/h4-9H,10H2,1-3H3,(H,20,23). The molecule has 1 N–H and O–H groups in total. The molecule has 2 aromatic rings. The van der Waals surface area contributed by atoms with E-state index in [9.17, 15) is 19.7 Å². The first-order chi connectivity index (χ1) is 12.2. The second-order valence-corrected chi connectivity index (χ2v) is 6.79. The van der Waals surface area contributed by atoms with Gasteiger partial charge in [-0.05, 0) is 43.7 Å². The Hall–Kier alpha value is -2.74. The van der Waals surface area contributed by atoms with E-state index in [-0.39, 0.29) is 29.3 Å². The van der Waals surface area contributed by atoms with Crippen molar-refractivity contribution in [3.05, 3.63) is 67.7 Å². The van der Waals surface area contributed by atoms with Crippen LogP contribution < -0.4 is 5.32 Å². The summed E-state index contributed by atoms with van der Waals surface area (Å²) in [4.78, 5) is 36.5. The van der Waals surface area contributed by atoms with Crippen molar-refractivity contribution in [1.29, 1.82) is 0 Å². The van der Waals surface area contributed by atoms with Gasteiger partial charge in [-0.1, -0.05) is 22.0 Å². The Labute approximate surface area is 159 Å². The van der Waals surface area contributed by atoms with Crippen LogP contribution in [0.3, 0.4) is 0 Å². The third-order valence-corrected chi connectivity index (χ3v) is 4.42. The molecule has 0 aliphatic carbocycles. The maximum absolute atomic E-state index is 12.6. The summed E-state index contributed by atoms with van der Waals surface area (Å²) in [6.45, 7) is 3.21. The highest BCUT2D eigenvalue weighted by Crippen LogP contribution is 2.22. The molecule has 136 valence electrons. The number of rotatable bonds is 5. The molecule has 0 saturated carbocycles. The van der Waals surface area contributed by atoms with Gasteiger partial charge in [0.05, 0.1) is 11.5 Å². The van der Waals surface area contributed by atoms with Gasteiger partial charge >= 0.3 is 0 Å². The van der Waals surface area contributed by atoms with E-state index in [1.54, 1.807) is 6.07 Å². The summed E-state index contributed by atoms with van der Waals surface area (Å²) in [6.07, 6.45) is 0. The third kappa shape index (κ3) is 4.45. The highest BCUT2D eigenvalue weighted by atomic mass is 79.9. The average Bonchev–Trinajstić information content (AvgIpc) is 2.56. The summed E-state index contributed by atoms with van der Waals surface area (Å²) in [5.41, 5.74) is 1.90. The Bertz CT molecular complexity index is 883. The number of carbonyl (C=O) groups is 2. The van der Waals surface area contributed by atoms with Crippen molar-refractivity contribution in [3.8, 4) is 0 Å². The first kappa shape index (κ1) is 19.6. The smallest absolute Gasteiger partial charge is 0.273 e. The van der Waals surface area contributed by atoms with Crippen LogP contribution in [0.15, 0.2) is 40.9 Å². The molecule has 0 radical (unpaired) electrons. The number of amides is 2. The number of aryl methyl sites for hydroxylation is 1. The molecule has 0 atom stereocenters. The van der Waals surface area contributed by atoms with E-state index in [0.29, 0.717) is 5.69 Å². The lowest BCUT2D eigenvalue weighted by molar-refractivity contribution is -0.385. The third-order valence-electron chi connectivity index (χ3n) is 3.92. The van der Waals surface area contributed by atoms with Crippen molar-refractivity contribution in [2.45, 2.75) is 13.8 Å². The highest BCUT2D eigenvalue weighted by Gasteiger charge is 2.21. The van der Waals surface area contributed by atoms with Crippen molar-refractivity contribution in [1.82, 2.24) is 4.90 Å². The van der Waals surface area contributed by atoms with Crippen LogP contribution in [0.5, 0.6) is 0 Å². The molecule has 0 saturated heterocycles. The highest BCUT2D eigenvalue weighted by molar-refractivity contribution is 9.10. The molecule has 2 aromatic carbocycles. The van der Waals surface area contributed by atoms with Gasteiger partial charge < -0.3 is 10.2 Å². The summed E-state index contributed by atoms with van der Waals surface area (Å²) in [7, 11) is 1.48. The quantitative estimate of drug-likeness (QED) is 0.590. The minimum atomic E-state index is -0.533. The van der Waals surface area contributed by atoms with E-state index >= 15 is 0 Å². The van der Waals surface area contributed by atoms with E-state index in [1.807, 2.05) is 19.1 Å². The van der Waals surface area contributed by atoms with Gasteiger partial charge in [0, 0.05) is 34.4 Å². The number of nitro benzene ring substituents is 1. The average molecular weight is 420 g/mol. The zero-order valence-electron chi connectivity index (χ0n) is 14.6. The molecule has 7 nitrogen and oxygen atoms in total. The summed E-state index contributed by atoms with van der Waals surface area (Å²) in [5, 5.41) is 13.8. The minimum Gasteiger partial charge on any atom is -0.332 e. The van der Waals surface area contributed by atoms with Crippen molar-refractivity contribution in [2.75, 3.05) is 18.9 Å². The second-order valence-electron chi connectivity index (χ2n) is 5.88. The second kappa shape index (κ2) is 8.09. The maximum Gasteiger partial charge on any atom is 0.273 e. The number of carbonyl (C=O) groups excluding carboxylic acids is 2. The number of likely N-dealkylation sites (N-methyl/N-ethyl adjacent to an activating group) is 1. The summed E-state index contributed by atoms with van der Waals surface area (Å²) >= 11 is 3.36. The SMILES string of the molecule is Cc1cc(Br)ccc1NC(=O)CN(C)C(=O)c1cccc([N+](=O)[O-])c1C. The number of nitrogens with zero attached hydrogens (tertiary/aromatic N) is 2. The molecule has 0 bridgehead atoms. The molecule has 0 aliphatic rings. The number of hydrogen-bond acceptors (Lipinski definition) is 4. The molecule has 0 aliphatic heterocycles. The summed E-state index contributed by atoms with van der Waals surface area (Å²) in [5.74, 6) is -0.803. The Balaban J connectivity index is 2.10. The zero-order valence-corrected chi connectivity index (χ0v) is 16.2. The molecule has 26 heavy (non-hydrogen) atoms. The van der Waals surface area contributed by atoms with Crippen LogP contribution in [-0.2, 0) is 4.79 Å². The number of anilines is 1. The molecular formula is C18H18BrN3O4. The predicted octanol–water partition coefficient (Wildman–Crippen LogP) is 3.68. The van der Waals surface area contributed by atoms with Gasteiger partial charge in [-0.3, -0.25) is 19.7 Å². The van der Waals surface area contributed by atoms with Gasteiger partial charge in [-0.2, -0.15) is 0 Å². The molecular weight excluding hydrogens is 402 g/mol. The normalized spacial score (nSPS) is 10.3. The molecule has 0 aromatic heterocycles. The van der Waals surface area contributed by atoms with Crippen LogP contribution in [0.25, 0.3) is 0 Å². The Morgan fingerprint density at radius 3 is 2.54 bits per heavy atom. The van der Waals surface area contributed by atoms with Crippen LogP contribution in [0, 0.1) is 24.0 Å². The van der Waals surface area contributed by atoms with Crippen molar-refractivity contribution in [3.63, 3.8) is 0 Å². The van der Waals surface area contributed by atoms with E-state index in [4.69, 9.17) is 0 Å². The molecule has 0 fully saturated rings. The topological polar surface area (TPSA) is 92.6 Å². The Morgan fingerprint density at radius 2 is 1.92 bits per heavy atom. The number of nitrogens with one attached hydrogen (secondary N) is 1. The van der Waals surface area contributed by atoms with Crippen LogP contribution in [0.1, 0.15) is 21.5 Å². The molecule has 0 spiro atoms. The fraction of sp³-hybridized carbons (Fsp3) is 0.222. The molecule has 2 rings (SSSR count). The first-order valence-electron chi connectivity index (χ1n) is 7.76. The predicted molar refractivity (Wildman–Crippen MR) is 102 cm³/mol. The van der Waals surface area contributed by atoms with Crippen molar-refractivity contribution >= 4 is 39.1 Å². The van der Waals surface area contributed by atoms with E-state index in [0.717, 1.165) is 10.0 Å². The first-order valence-corrected chi connectivity index (χ1v) is 8.55. The van der Waals surface area contributed by atoms with Crippen molar-refractivity contribution < 1.29 is 14.5 Å². The van der Waals surface area contributed by atoms with Gasteiger partial charge in [0.1, 0.15) is 0 Å². The fourth-order valence-corrected chi connectivity index (χ4v) is 2.98. The van der Waals surface area contributed by atoms with E-state index < -0.39 is 10.8 Å². The monoisotopic (exact) mass is 419 g/mol. The molecule has 0 heterocycles. The lowest BCUT2D eigenvalue weighted by Gasteiger charge is -2.18. The molecule has 0 unspecified atom stereocenters. The van der Waals surface area contributed by atoms with Gasteiger partial charge in [0.25, 0.3) is 11.6 Å². The maximum atomic E-state index is 12.6. The van der Waals surface area contributed by atoms with Crippen LogP contribution in [0.4, 0.5) is 11.4 Å². The van der Waals surface area contributed by atoms with Crippen LogP contribution in [0.2, 0.25) is 0 Å². The lowest BCUT2D eigenvalue weighted by atomic mass is 10.1.